The smallest absolute Gasteiger partial charge is 0.309 e. The first kappa shape index (κ1) is 15.4. The third kappa shape index (κ3) is 3.29. The van der Waals surface area contributed by atoms with Crippen molar-refractivity contribution in [2.24, 2.45) is 11.8 Å². The number of hydrogen-bond acceptors (Lipinski definition) is 3. The Labute approximate surface area is 134 Å². The van der Waals surface area contributed by atoms with Crippen LogP contribution in [-0.4, -0.2) is 27.6 Å². The molecule has 4 unspecified atom stereocenters. The van der Waals surface area contributed by atoms with Gasteiger partial charge in [-0.15, -0.1) is 11.8 Å². The van der Waals surface area contributed by atoms with Gasteiger partial charge in [-0.2, -0.15) is 0 Å². The molecule has 118 valence electrons. The third-order valence-electron chi connectivity index (χ3n) is 4.68. The molecule has 2 aliphatic rings. The maximum atomic E-state index is 12.1. The van der Waals surface area contributed by atoms with Crippen LogP contribution in [0.5, 0.6) is 0 Å². The molecule has 1 heterocycles. The maximum absolute atomic E-state index is 12.1. The lowest BCUT2D eigenvalue weighted by Crippen LogP contribution is -2.40. The molecule has 2 N–H and O–H groups in total. The fourth-order valence-electron chi connectivity index (χ4n) is 3.60. The Hall–Kier alpha value is -1.49. The molecule has 1 aliphatic carbocycles. The molecule has 4 atom stereocenters. The first-order valence-electron chi connectivity index (χ1n) is 7.86. The quantitative estimate of drug-likeness (QED) is 0.876. The van der Waals surface area contributed by atoms with E-state index in [4.69, 9.17) is 0 Å². The minimum Gasteiger partial charge on any atom is -0.481 e. The van der Waals surface area contributed by atoms with Crippen LogP contribution in [0.25, 0.3) is 0 Å². The second-order valence-corrected chi connectivity index (χ2v) is 7.49. The van der Waals surface area contributed by atoms with Gasteiger partial charge in [0.05, 0.1) is 11.3 Å². The zero-order valence-electron chi connectivity index (χ0n) is 12.4. The van der Waals surface area contributed by atoms with E-state index in [1.54, 1.807) is 11.8 Å². The molecule has 1 saturated carbocycles. The molecule has 2 fully saturated rings. The fourth-order valence-corrected chi connectivity index (χ4v) is 5.48. The molecule has 22 heavy (non-hydrogen) atoms. The Morgan fingerprint density at radius 2 is 2.00 bits per heavy atom. The molecule has 1 aliphatic heterocycles. The van der Waals surface area contributed by atoms with E-state index in [1.165, 1.54) is 0 Å². The van der Waals surface area contributed by atoms with Crippen LogP contribution in [0.2, 0.25) is 0 Å². The molecular weight excluding hydrogens is 298 g/mol. The van der Waals surface area contributed by atoms with Crippen LogP contribution >= 0.6 is 11.8 Å². The molecule has 5 heteroatoms. The average Bonchev–Trinajstić information content (AvgIpc) is 3.06. The van der Waals surface area contributed by atoms with Crippen LogP contribution in [0.1, 0.15) is 31.2 Å². The summed E-state index contributed by atoms with van der Waals surface area (Å²) in [6.45, 7) is 0. The van der Waals surface area contributed by atoms with Gasteiger partial charge in [0.1, 0.15) is 0 Å². The zero-order valence-corrected chi connectivity index (χ0v) is 13.2. The first-order valence-corrected chi connectivity index (χ1v) is 8.81. The van der Waals surface area contributed by atoms with Crippen LogP contribution < -0.4 is 5.32 Å². The van der Waals surface area contributed by atoms with Crippen LogP contribution in [-0.2, 0) is 16.0 Å². The summed E-state index contributed by atoms with van der Waals surface area (Å²) in [4.78, 5) is 23.7. The van der Waals surface area contributed by atoms with E-state index in [0.29, 0.717) is 18.1 Å². The zero-order chi connectivity index (χ0) is 15.5. The lowest BCUT2D eigenvalue weighted by molar-refractivity contribution is -0.143. The van der Waals surface area contributed by atoms with Crippen molar-refractivity contribution < 1.29 is 14.7 Å². The van der Waals surface area contributed by atoms with Gasteiger partial charge >= 0.3 is 5.97 Å². The van der Waals surface area contributed by atoms with E-state index < -0.39 is 11.9 Å². The van der Waals surface area contributed by atoms with Crippen molar-refractivity contribution >= 4 is 23.6 Å². The summed E-state index contributed by atoms with van der Waals surface area (Å²) < 4.78 is 0. The van der Waals surface area contributed by atoms with Crippen molar-refractivity contribution in [3.63, 3.8) is 0 Å². The monoisotopic (exact) mass is 319 g/mol. The molecule has 0 radical (unpaired) electrons. The number of aryl methyl sites for hydroxylation is 1. The number of amides is 1. The fraction of sp³-hybridized carbons (Fsp3) is 0.529. The van der Waals surface area contributed by atoms with Gasteiger partial charge in [0.15, 0.2) is 0 Å². The topological polar surface area (TPSA) is 66.4 Å². The second-order valence-electron chi connectivity index (χ2n) is 6.11. The predicted octanol–water partition coefficient (Wildman–Crippen LogP) is 2.68. The highest BCUT2D eigenvalue weighted by atomic mass is 32.2. The van der Waals surface area contributed by atoms with Crippen molar-refractivity contribution in [1.29, 1.82) is 0 Å². The molecule has 0 spiro atoms. The van der Waals surface area contributed by atoms with Gasteiger partial charge in [-0.3, -0.25) is 9.59 Å². The summed E-state index contributed by atoms with van der Waals surface area (Å²) >= 11 is 1.65. The highest BCUT2D eigenvalue weighted by Crippen LogP contribution is 2.50. The molecule has 4 nitrogen and oxygen atoms in total. The minimum atomic E-state index is -0.768. The molecular formula is C17H21NO3S. The summed E-state index contributed by atoms with van der Waals surface area (Å²) in [6, 6.07) is 9.88. The Morgan fingerprint density at radius 1 is 1.23 bits per heavy atom. The Morgan fingerprint density at radius 3 is 2.73 bits per heavy atom. The Bertz CT molecular complexity index is 548. The van der Waals surface area contributed by atoms with E-state index in [-0.39, 0.29) is 17.2 Å². The van der Waals surface area contributed by atoms with Crippen LogP contribution in [0.4, 0.5) is 0 Å². The first-order chi connectivity index (χ1) is 10.6. The van der Waals surface area contributed by atoms with E-state index in [0.717, 1.165) is 24.8 Å². The lowest BCUT2D eigenvalue weighted by atomic mass is 9.91. The number of nitrogens with one attached hydrogen (secondary N) is 1. The van der Waals surface area contributed by atoms with Crippen LogP contribution in [0.3, 0.4) is 0 Å². The minimum absolute atomic E-state index is 0.0485. The maximum Gasteiger partial charge on any atom is 0.309 e. The summed E-state index contributed by atoms with van der Waals surface area (Å²) in [6.07, 6.45) is 4.26. The van der Waals surface area contributed by atoms with Gasteiger partial charge in [0.2, 0.25) is 5.91 Å². The molecule has 0 bridgehead atoms. The summed E-state index contributed by atoms with van der Waals surface area (Å²) in [5, 5.41) is 12.6. The molecule has 1 saturated heterocycles. The SMILES string of the molecule is O=C(CCc1ccccc1)NC1SC2CCCC2C1C(=O)O. The standard InChI is InChI=1S/C17H21NO3S/c19-14(10-9-11-5-2-1-3-6-11)18-16-15(17(20)21)12-7-4-8-13(12)22-16/h1-3,5-6,12-13,15-16H,4,7-10H2,(H,18,19)(H,20,21). The third-order valence-corrected chi connectivity index (χ3v) is 6.32. The van der Waals surface area contributed by atoms with Crippen molar-refractivity contribution in [2.45, 2.75) is 42.7 Å². The van der Waals surface area contributed by atoms with Gasteiger partial charge in [0.25, 0.3) is 0 Å². The van der Waals surface area contributed by atoms with Gasteiger partial charge in [-0.1, -0.05) is 36.8 Å². The molecule has 1 aromatic carbocycles. The Balaban J connectivity index is 1.55. The Kier molecular flexibility index (Phi) is 4.71. The summed E-state index contributed by atoms with van der Waals surface area (Å²) in [5.41, 5.74) is 1.13. The predicted molar refractivity (Wildman–Crippen MR) is 86.5 cm³/mol. The van der Waals surface area contributed by atoms with Crippen LogP contribution in [0.15, 0.2) is 30.3 Å². The van der Waals surface area contributed by atoms with E-state index in [2.05, 4.69) is 5.32 Å². The number of aliphatic carboxylic acids is 1. The van der Waals surface area contributed by atoms with Crippen molar-refractivity contribution in [2.75, 3.05) is 0 Å². The average molecular weight is 319 g/mol. The second kappa shape index (κ2) is 6.73. The van der Waals surface area contributed by atoms with Crippen LogP contribution in [0, 0.1) is 11.8 Å². The largest absolute Gasteiger partial charge is 0.481 e. The number of carbonyl (C=O) groups excluding carboxylic acids is 1. The van der Waals surface area contributed by atoms with Crippen molar-refractivity contribution in [1.82, 2.24) is 5.32 Å². The van der Waals surface area contributed by atoms with Gasteiger partial charge in [-0.05, 0) is 30.7 Å². The number of carbonyl (C=O) groups is 2. The molecule has 1 aromatic rings. The number of thioether (sulfide) groups is 1. The van der Waals surface area contributed by atoms with Crippen molar-refractivity contribution in [3.05, 3.63) is 35.9 Å². The molecule has 1 amide bonds. The normalized spacial score (nSPS) is 30.0. The molecule has 0 aromatic heterocycles. The number of hydrogen-bond donors (Lipinski definition) is 2. The van der Waals surface area contributed by atoms with E-state index in [9.17, 15) is 14.7 Å². The highest BCUT2D eigenvalue weighted by molar-refractivity contribution is 8.00. The van der Waals surface area contributed by atoms with E-state index >= 15 is 0 Å². The molecule has 3 rings (SSSR count). The summed E-state index contributed by atoms with van der Waals surface area (Å²) in [7, 11) is 0. The van der Waals surface area contributed by atoms with Gasteiger partial charge in [0, 0.05) is 11.7 Å². The van der Waals surface area contributed by atoms with E-state index in [1.807, 2.05) is 30.3 Å². The lowest BCUT2D eigenvalue weighted by Gasteiger charge is -2.20. The highest BCUT2D eigenvalue weighted by Gasteiger charge is 2.50. The van der Waals surface area contributed by atoms with Gasteiger partial charge in [-0.25, -0.2) is 0 Å². The number of rotatable bonds is 5. The number of benzene rings is 1. The van der Waals surface area contributed by atoms with Gasteiger partial charge < -0.3 is 10.4 Å². The van der Waals surface area contributed by atoms with Crippen molar-refractivity contribution in [3.8, 4) is 0 Å². The number of fused-ring (bicyclic) bond motifs is 1. The number of carboxylic acid groups (broad SMARTS) is 1. The number of carboxylic acids is 1. The summed E-state index contributed by atoms with van der Waals surface area (Å²) in [5.74, 6) is -1.03.